The Morgan fingerprint density at radius 2 is 1.92 bits per heavy atom. The fourth-order valence-corrected chi connectivity index (χ4v) is 5.59. The summed E-state index contributed by atoms with van der Waals surface area (Å²) < 4.78 is 86.9. The molecule has 2 aliphatic rings. The standard InChI is InChI=1S/C25H20F6N4O3S/c26-24(27,28)16-3-1-14(19(9-16)25(29,30)31)8-18(13-2-4-20-15(7-13)10-32-34-20)21-22(37)33-23(39-21)35-5-6-38-12-17(35)11-36/h1-4,7,9-10,17,36H,5-6,8,11-12H2,(H,32,34)/t17-/m1/s1. The lowest BCUT2D eigenvalue weighted by Crippen LogP contribution is -2.49. The van der Waals surface area contributed by atoms with Crippen molar-refractivity contribution in [3.05, 3.63) is 69.8 Å². The number of aromatic nitrogens is 2. The molecule has 1 atom stereocenters. The number of morpholine rings is 1. The number of thioether (sulfide) groups is 1. The van der Waals surface area contributed by atoms with Gasteiger partial charge in [0.1, 0.15) is 0 Å². The number of H-pyrrole nitrogens is 1. The van der Waals surface area contributed by atoms with Gasteiger partial charge in [0.25, 0.3) is 5.91 Å². The van der Waals surface area contributed by atoms with Crippen LogP contribution in [0.25, 0.3) is 16.5 Å². The molecule has 3 aromatic rings. The van der Waals surface area contributed by atoms with Crippen LogP contribution in [0.15, 0.2) is 52.5 Å². The number of amides is 1. The minimum Gasteiger partial charge on any atom is -0.394 e. The molecule has 0 saturated carbocycles. The van der Waals surface area contributed by atoms with Crippen LogP contribution in [-0.4, -0.2) is 63.7 Å². The minimum absolute atomic E-state index is 0.0454. The second kappa shape index (κ2) is 10.3. The van der Waals surface area contributed by atoms with E-state index in [1.54, 1.807) is 23.1 Å². The quantitative estimate of drug-likeness (QED) is 0.344. The third kappa shape index (κ3) is 5.54. The van der Waals surface area contributed by atoms with E-state index in [1.807, 2.05) is 0 Å². The first-order valence-corrected chi connectivity index (χ1v) is 12.5. The fourth-order valence-electron chi connectivity index (χ4n) is 4.47. The molecule has 0 radical (unpaired) electrons. The average molecular weight is 571 g/mol. The van der Waals surface area contributed by atoms with E-state index in [0.717, 1.165) is 17.8 Å². The van der Waals surface area contributed by atoms with Crippen molar-refractivity contribution in [3.8, 4) is 0 Å². The molecule has 206 valence electrons. The Kier molecular flexibility index (Phi) is 7.20. The van der Waals surface area contributed by atoms with Crippen molar-refractivity contribution >= 4 is 39.3 Å². The second-order valence-corrected chi connectivity index (χ2v) is 9.91. The number of nitrogens with one attached hydrogen (secondary N) is 1. The molecule has 1 saturated heterocycles. The number of alkyl halides is 6. The zero-order chi connectivity index (χ0) is 27.9. The molecule has 5 rings (SSSR count). The molecular weight excluding hydrogens is 550 g/mol. The third-order valence-electron chi connectivity index (χ3n) is 6.44. The number of benzene rings is 2. The van der Waals surface area contributed by atoms with Gasteiger partial charge >= 0.3 is 12.4 Å². The molecule has 0 aliphatic carbocycles. The molecule has 0 spiro atoms. The lowest BCUT2D eigenvalue weighted by atomic mass is 9.92. The van der Waals surface area contributed by atoms with E-state index in [0.29, 0.717) is 35.7 Å². The summed E-state index contributed by atoms with van der Waals surface area (Å²) in [5.41, 5.74) is -2.07. The Balaban J connectivity index is 1.61. The van der Waals surface area contributed by atoms with Gasteiger partial charge in [-0.05, 0) is 59.1 Å². The smallest absolute Gasteiger partial charge is 0.394 e. The van der Waals surface area contributed by atoms with Gasteiger partial charge in [0.2, 0.25) is 0 Å². The van der Waals surface area contributed by atoms with E-state index >= 15 is 0 Å². The van der Waals surface area contributed by atoms with E-state index < -0.39 is 47.4 Å². The van der Waals surface area contributed by atoms with Crippen LogP contribution >= 0.6 is 11.8 Å². The van der Waals surface area contributed by atoms with Gasteiger partial charge in [-0.2, -0.15) is 36.4 Å². The molecule has 1 fully saturated rings. The number of amidine groups is 1. The number of hydrogen-bond donors (Lipinski definition) is 2. The highest BCUT2D eigenvalue weighted by Gasteiger charge is 2.39. The summed E-state index contributed by atoms with van der Waals surface area (Å²) in [5.74, 6) is -0.694. The van der Waals surface area contributed by atoms with Crippen LogP contribution in [0.5, 0.6) is 0 Å². The summed E-state index contributed by atoms with van der Waals surface area (Å²) in [4.78, 5) is 19.0. The Hall–Kier alpha value is -3.36. The van der Waals surface area contributed by atoms with Crippen LogP contribution in [0, 0.1) is 0 Å². The van der Waals surface area contributed by atoms with E-state index in [-0.39, 0.29) is 34.9 Å². The zero-order valence-electron chi connectivity index (χ0n) is 19.9. The zero-order valence-corrected chi connectivity index (χ0v) is 20.8. The highest BCUT2D eigenvalue weighted by molar-refractivity contribution is 8.18. The normalized spacial score (nSPS) is 20.1. The first kappa shape index (κ1) is 27.2. The summed E-state index contributed by atoms with van der Waals surface area (Å²) in [6.45, 7) is 0.601. The van der Waals surface area contributed by atoms with Gasteiger partial charge in [-0.3, -0.25) is 9.89 Å². The van der Waals surface area contributed by atoms with Gasteiger partial charge in [0.15, 0.2) is 5.17 Å². The summed E-state index contributed by atoms with van der Waals surface area (Å²) >= 11 is 0.949. The fraction of sp³-hybridized carbons (Fsp3) is 0.320. The maximum atomic E-state index is 13.9. The highest BCUT2D eigenvalue weighted by atomic mass is 32.2. The minimum atomic E-state index is -5.07. The van der Waals surface area contributed by atoms with Gasteiger partial charge in [-0.25, -0.2) is 0 Å². The molecule has 0 bridgehead atoms. The molecule has 7 nitrogen and oxygen atoms in total. The van der Waals surface area contributed by atoms with Crippen molar-refractivity contribution in [1.82, 2.24) is 15.1 Å². The second-order valence-electron chi connectivity index (χ2n) is 8.93. The Labute approximate surface area is 221 Å². The number of nitrogens with zero attached hydrogens (tertiary/aromatic N) is 3. The van der Waals surface area contributed by atoms with Crippen LogP contribution in [0.2, 0.25) is 0 Å². The van der Waals surface area contributed by atoms with Crippen molar-refractivity contribution in [2.75, 3.05) is 26.4 Å². The number of hydrogen-bond acceptors (Lipinski definition) is 6. The van der Waals surface area contributed by atoms with Gasteiger partial charge < -0.3 is 14.7 Å². The number of carbonyl (C=O) groups excluding carboxylic acids is 1. The molecule has 0 unspecified atom stereocenters. The number of halogens is 6. The van der Waals surface area contributed by atoms with Crippen LogP contribution in [0.3, 0.4) is 0 Å². The summed E-state index contributed by atoms with van der Waals surface area (Å²) in [7, 11) is 0. The lowest BCUT2D eigenvalue weighted by molar-refractivity contribution is -0.143. The van der Waals surface area contributed by atoms with Gasteiger partial charge in [0.05, 0.1) is 53.6 Å². The highest BCUT2D eigenvalue weighted by Crippen LogP contribution is 2.42. The predicted octanol–water partition coefficient (Wildman–Crippen LogP) is 4.88. The van der Waals surface area contributed by atoms with E-state index in [9.17, 15) is 36.2 Å². The largest absolute Gasteiger partial charge is 0.416 e. The molecule has 2 aliphatic heterocycles. The summed E-state index contributed by atoms with van der Waals surface area (Å²) in [6.07, 6.45) is -9.02. The van der Waals surface area contributed by atoms with Crippen LogP contribution in [-0.2, 0) is 28.3 Å². The molecule has 14 heteroatoms. The maximum absolute atomic E-state index is 13.9. The maximum Gasteiger partial charge on any atom is 0.416 e. The van der Waals surface area contributed by atoms with Crippen molar-refractivity contribution in [3.63, 3.8) is 0 Å². The Bertz CT molecular complexity index is 1480. The number of aliphatic hydroxyl groups excluding tert-OH is 1. The van der Waals surface area contributed by atoms with Crippen molar-refractivity contribution in [2.24, 2.45) is 4.99 Å². The van der Waals surface area contributed by atoms with Crippen molar-refractivity contribution < 1.29 is 41.0 Å². The topological polar surface area (TPSA) is 90.8 Å². The molecule has 1 aromatic heterocycles. The predicted molar refractivity (Wildman–Crippen MR) is 132 cm³/mol. The first-order valence-electron chi connectivity index (χ1n) is 11.7. The Morgan fingerprint density at radius 1 is 1.13 bits per heavy atom. The summed E-state index contributed by atoms with van der Waals surface area (Å²) in [6, 6.07) is 5.88. The number of aliphatic imine (C=N–C) groups is 1. The van der Waals surface area contributed by atoms with E-state index in [2.05, 4.69) is 15.2 Å². The molecule has 3 heterocycles. The number of aromatic amines is 1. The van der Waals surface area contributed by atoms with E-state index in [4.69, 9.17) is 4.74 Å². The van der Waals surface area contributed by atoms with Gasteiger partial charge in [-0.1, -0.05) is 12.1 Å². The molecule has 2 N–H and O–H groups in total. The third-order valence-corrected chi connectivity index (χ3v) is 7.57. The first-order chi connectivity index (χ1) is 18.5. The lowest BCUT2D eigenvalue weighted by Gasteiger charge is -2.35. The van der Waals surface area contributed by atoms with Crippen molar-refractivity contribution in [1.29, 1.82) is 0 Å². The number of ether oxygens (including phenoxy) is 1. The number of allylic oxidation sites excluding steroid dienone is 1. The number of aliphatic hydroxyl groups is 1. The summed E-state index contributed by atoms with van der Waals surface area (Å²) in [5, 5.41) is 17.3. The van der Waals surface area contributed by atoms with Gasteiger partial charge in [0, 0.05) is 11.9 Å². The number of fused-ring (bicyclic) bond motifs is 1. The monoisotopic (exact) mass is 570 g/mol. The Morgan fingerprint density at radius 3 is 2.64 bits per heavy atom. The molecule has 2 aromatic carbocycles. The number of rotatable bonds is 4. The average Bonchev–Trinajstić information content (AvgIpc) is 3.52. The van der Waals surface area contributed by atoms with Crippen LogP contribution < -0.4 is 0 Å². The molecular formula is C25H20F6N4O3S. The van der Waals surface area contributed by atoms with Crippen molar-refractivity contribution in [2.45, 2.75) is 24.8 Å². The van der Waals surface area contributed by atoms with E-state index in [1.165, 1.54) is 6.20 Å². The SMILES string of the molecule is O=C1N=C(N2CCOC[C@H]2CO)SC1=C(Cc1ccc(C(F)(F)F)cc1C(F)(F)F)c1ccc2[nH]ncc2c1. The molecule has 1 amide bonds. The number of carbonyl (C=O) groups is 1. The van der Waals surface area contributed by atoms with Gasteiger partial charge in [-0.15, -0.1) is 0 Å². The van der Waals surface area contributed by atoms with Crippen LogP contribution in [0.4, 0.5) is 26.3 Å². The molecule has 39 heavy (non-hydrogen) atoms. The van der Waals surface area contributed by atoms with Crippen LogP contribution in [0.1, 0.15) is 22.3 Å².